The molecule has 1 saturated carbocycles. The minimum atomic E-state index is -0.470. The molecule has 5 rings (SSSR count). The lowest BCUT2D eigenvalue weighted by atomic mass is 9.89. The summed E-state index contributed by atoms with van der Waals surface area (Å²) in [5.41, 5.74) is 1.64. The number of urea groups is 1. The van der Waals surface area contributed by atoms with Crippen LogP contribution < -0.4 is 11.0 Å². The molecule has 1 aliphatic carbocycles. The van der Waals surface area contributed by atoms with E-state index in [1.165, 1.54) is 31.4 Å². The summed E-state index contributed by atoms with van der Waals surface area (Å²) >= 11 is 0. The lowest BCUT2D eigenvalue weighted by molar-refractivity contribution is 0.220. The number of hydrogen-bond acceptors (Lipinski definition) is 3. The van der Waals surface area contributed by atoms with Crippen LogP contribution in [0.1, 0.15) is 44.6 Å². The van der Waals surface area contributed by atoms with Gasteiger partial charge in [-0.2, -0.15) is 0 Å². The van der Waals surface area contributed by atoms with E-state index < -0.39 is 5.82 Å². The largest absolute Gasteiger partial charge is 0.330 e. The van der Waals surface area contributed by atoms with Gasteiger partial charge in [-0.1, -0.05) is 31.4 Å². The molecule has 0 radical (unpaired) electrons. The Kier molecular flexibility index (Phi) is 5.68. The smallest absolute Gasteiger partial charge is 0.322 e. The summed E-state index contributed by atoms with van der Waals surface area (Å²) in [5, 5.41) is 2.64. The van der Waals surface area contributed by atoms with E-state index in [0.29, 0.717) is 31.1 Å². The minimum absolute atomic E-state index is 0.0503. The quantitative estimate of drug-likeness (QED) is 0.658. The van der Waals surface area contributed by atoms with E-state index in [9.17, 15) is 14.0 Å². The Balaban J connectivity index is 1.38. The Morgan fingerprint density at radius 2 is 1.91 bits per heavy atom. The van der Waals surface area contributed by atoms with Crippen LogP contribution in [0.2, 0.25) is 0 Å². The topological polar surface area (TPSA) is 72.2 Å². The molecule has 0 unspecified atom stereocenters. The first-order chi connectivity index (χ1) is 15.6. The van der Waals surface area contributed by atoms with Crippen LogP contribution in [0, 0.1) is 11.7 Å². The van der Waals surface area contributed by atoms with Crippen molar-refractivity contribution in [1.29, 1.82) is 0 Å². The molecule has 0 spiro atoms. The summed E-state index contributed by atoms with van der Waals surface area (Å²) in [4.78, 5) is 32.3. The number of likely N-dealkylation sites (tertiary alicyclic amines) is 1. The summed E-state index contributed by atoms with van der Waals surface area (Å²) in [7, 11) is 0. The number of nitrogens with one attached hydrogen (secondary N) is 1. The second kappa shape index (κ2) is 8.76. The van der Waals surface area contributed by atoms with Gasteiger partial charge in [-0.3, -0.25) is 9.13 Å². The zero-order chi connectivity index (χ0) is 22.1. The van der Waals surface area contributed by atoms with Crippen molar-refractivity contribution in [2.75, 3.05) is 18.4 Å². The zero-order valence-electron chi connectivity index (χ0n) is 18.0. The number of anilines is 1. The molecule has 7 nitrogen and oxygen atoms in total. The molecule has 2 amide bonds. The average Bonchev–Trinajstić information content (AvgIpc) is 3.39. The number of rotatable bonds is 4. The summed E-state index contributed by atoms with van der Waals surface area (Å²) < 4.78 is 17.5. The Morgan fingerprint density at radius 3 is 2.72 bits per heavy atom. The molecule has 1 atom stereocenters. The highest BCUT2D eigenvalue weighted by molar-refractivity contribution is 5.89. The molecular weight excluding hydrogens is 409 g/mol. The maximum atomic E-state index is 13.9. The third-order valence-electron chi connectivity index (χ3n) is 6.82. The van der Waals surface area contributed by atoms with Gasteiger partial charge in [0, 0.05) is 25.8 Å². The van der Waals surface area contributed by atoms with Crippen LogP contribution in [0.4, 0.5) is 14.9 Å². The molecule has 168 valence electrons. The van der Waals surface area contributed by atoms with Gasteiger partial charge in [0.1, 0.15) is 5.82 Å². The van der Waals surface area contributed by atoms with E-state index in [1.54, 1.807) is 27.8 Å². The molecule has 1 N–H and O–H groups in total. The molecule has 1 aromatic carbocycles. The Morgan fingerprint density at radius 1 is 1.09 bits per heavy atom. The first-order valence-corrected chi connectivity index (χ1v) is 11.5. The minimum Gasteiger partial charge on any atom is -0.322 e. The molecule has 32 heavy (non-hydrogen) atoms. The fourth-order valence-electron chi connectivity index (χ4n) is 5.14. The molecule has 1 saturated heterocycles. The van der Waals surface area contributed by atoms with Crippen LogP contribution in [0.3, 0.4) is 0 Å². The van der Waals surface area contributed by atoms with Gasteiger partial charge in [-0.25, -0.2) is 19.0 Å². The lowest BCUT2D eigenvalue weighted by Gasteiger charge is -2.21. The maximum Gasteiger partial charge on any atom is 0.330 e. The monoisotopic (exact) mass is 437 g/mol. The van der Waals surface area contributed by atoms with E-state index in [1.807, 2.05) is 16.7 Å². The van der Waals surface area contributed by atoms with Crippen molar-refractivity contribution in [2.45, 2.75) is 51.1 Å². The number of amides is 2. The SMILES string of the molecule is O=C(Nc1ccccc1F)N1CC[C@@H](n2c(=O)n(CC3CCCCC3)c3cccnc32)C1. The third kappa shape index (κ3) is 3.89. The van der Waals surface area contributed by atoms with Crippen molar-refractivity contribution in [1.82, 2.24) is 19.0 Å². The number of para-hydroxylation sites is 1. The van der Waals surface area contributed by atoms with Gasteiger partial charge >= 0.3 is 11.7 Å². The maximum absolute atomic E-state index is 13.9. The van der Waals surface area contributed by atoms with Crippen LogP contribution in [0.15, 0.2) is 47.4 Å². The molecule has 2 fully saturated rings. The van der Waals surface area contributed by atoms with Crippen molar-refractivity contribution >= 4 is 22.9 Å². The number of carbonyl (C=O) groups is 1. The van der Waals surface area contributed by atoms with Crippen molar-refractivity contribution in [3.05, 3.63) is 58.9 Å². The lowest BCUT2D eigenvalue weighted by Crippen LogP contribution is -2.35. The molecule has 3 aromatic rings. The number of nitrogens with zero attached hydrogens (tertiary/aromatic N) is 4. The first-order valence-electron chi connectivity index (χ1n) is 11.5. The Bertz CT molecular complexity index is 1180. The molecule has 2 aromatic heterocycles. The fourth-order valence-corrected chi connectivity index (χ4v) is 5.14. The van der Waals surface area contributed by atoms with Crippen LogP contribution >= 0.6 is 0 Å². The van der Waals surface area contributed by atoms with E-state index in [0.717, 1.165) is 24.9 Å². The van der Waals surface area contributed by atoms with Crippen molar-refractivity contribution in [3.8, 4) is 0 Å². The highest BCUT2D eigenvalue weighted by Crippen LogP contribution is 2.28. The van der Waals surface area contributed by atoms with E-state index in [4.69, 9.17) is 0 Å². The predicted molar refractivity (Wildman–Crippen MR) is 121 cm³/mol. The Hall–Kier alpha value is -3.16. The Labute approximate surface area is 185 Å². The number of halogens is 1. The average molecular weight is 438 g/mol. The second-order valence-corrected chi connectivity index (χ2v) is 8.91. The molecular formula is C24H28FN5O2. The molecule has 1 aliphatic heterocycles. The highest BCUT2D eigenvalue weighted by Gasteiger charge is 2.31. The first kappa shape index (κ1) is 20.7. The highest BCUT2D eigenvalue weighted by atomic mass is 19.1. The van der Waals surface area contributed by atoms with Crippen LogP contribution in [0.5, 0.6) is 0 Å². The molecule has 3 heterocycles. The van der Waals surface area contributed by atoms with Crippen LogP contribution in [-0.2, 0) is 6.54 Å². The van der Waals surface area contributed by atoms with Crippen LogP contribution in [0.25, 0.3) is 11.2 Å². The number of carbonyl (C=O) groups excluding carboxylic acids is 1. The number of pyridine rings is 1. The van der Waals surface area contributed by atoms with Gasteiger partial charge in [0.05, 0.1) is 17.2 Å². The summed E-state index contributed by atoms with van der Waals surface area (Å²) in [6.45, 7) is 1.61. The number of fused-ring (bicyclic) bond motifs is 1. The number of aromatic nitrogens is 3. The van der Waals surface area contributed by atoms with Crippen molar-refractivity contribution in [2.24, 2.45) is 5.92 Å². The van der Waals surface area contributed by atoms with E-state index >= 15 is 0 Å². The predicted octanol–water partition coefficient (Wildman–Crippen LogP) is 4.40. The summed E-state index contributed by atoms with van der Waals surface area (Å²) in [6, 6.07) is 9.43. The van der Waals surface area contributed by atoms with E-state index in [2.05, 4.69) is 10.3 Å². The number of benzene rings is 1. The van der Waals surface area contributed by atoms with Crippen molar-refractivity contribution in [3.63, 3.8) is 0 Å². The van der Waals surface area contributed by atoms with Gasteiger partial charge in [-0.05, 0) is 49.4 Å². The molecule has 0 bridgehead atoms. The van der Waals surface area contributed by atoms with Gasteiger partial charge < -0.3 is 10.2 Å². The van der Waals surface area contributed by atoms with Crippen LogP contribution in [-0.4, -0.2) is 38.1 Å². The normalized spacial score (nSPS) is 19.5. The number of imidazole rings is 1. The number of hydrogen-bond donors (Lipinski definition) is 1. The fraction of sp³-hybridized carbons (Fsp3) is 0.458. The van der Waals surface area contributed by atoms with Gasteiger partial charge in [0.2, 0.25) is 0 Å². The van der Waals surface area contributed by atoms with Gasteiger partial charge in [0.15, 0.2) is 5.65 Å². The van der Waals surface area contributed by atoms with Gasteiger partial charge in [0.25, 0.3) is 0 Å². The second-order valence-electron chi connectivity index (χ2n) is 8.91. The summed E-state index contributed by atoms with van der Waals surface area (Å²) in [6.07, 6.45) is 8.42. The van der Waals surface area contributed by atoms with Gasteiger partial charge in [-0.15, -0.1) is 0 Å². The molecule has 2 aliphatic rings. The standard InChI is InChI=1S/C24H28FN5O2/c25-19-9-4-5-10-20(19)27-23(31)28-14-12-18(16-28)30-22-21(11-6-13-26-22)29(24(30)32)15-17-7-2-1-3-8-17/h4-6,9-11,13,17-18H,1-3,7-8,12,14-16H2,(H,27,31)/t18-/m1/s1. The molecule has 8 heteroatoms. The zero-order valence-corrected chi connectivity index (χ0v) is 18.0. The third-order valence-corrected chi connectivity index (χ3v) is 6.82. The van der Waals surface area contributed by atoms with Crippen molar-refractivity contribution < 1.29 is 9.18 Å². The van der Waals surface area contributed by atoms with E-state index in [-0.39, 0.29) is 23.5 Å². The summed E-state index contributed by atoms with van der Waals surface area (Å²) in [5.74, 6) is 0.0510.